The van der Waals surface area contributed by atoms with E-state index in [1.807, 2.05) is 17.7 Å². The summed E-state index contributed by atoms with van der Waals surface area (Å²) in [5, 5.41) is 0.586. The average molecular weight is 596 g/mol. The number of halogens is 3. The number of hydrogen-bond donors (Lipinski definition) is 0. The zero-order valence-corrected chi connectivity index (χ0v) is 24.2. The fourth-order valence-corrected chi connectivity index (χ4v) is 5.57. The molecule has 1 aliphatic rings. The Bertz CT molecular complexity index is 1250. The molecule has 37 heavy (non-hydrogen) atoms. The zero-order chi connectivity index (χ0) is 26.7. The molecular formula is C27H33BrF2N2O4Si. The van der Waals surface area contributed by atoms with Crippen molar-refractivity contribution in [1.29, 1.82) is 0 Å². The Morgan fingerprint density at radius 2 is 1.97 bits per heavy atom. The Labute approximate surface area is 225 Å². The van der Waals surface area contributed by atoms with E-state index in [2.05, 4.69) is 40.6 Å². The topological polar surface area (TPSA) is 62.6 Å². The fourth-order valence-electron chi connectivity index (χ4n) is 4.19. The maximum absolute atomic E-state index is 15.0. The summed E-state index contributed by atoms with van der Waals surface area (Å²) in [4.78, 5) is 16.9. The van der Waals surface area contributed by atoms with Crippen LogP contribution in [0.15, 0.2) is 35.1 Å². The van der Waals surface area contributed by atoms with Gasteiger partial charge in [-0.15, -0.1) is 0 Å². The molecule has 1 atom stereocenters. The second-order valence-electron chi connectivity index (χ2n) is 11.0. The van der Waals surface area contributed by atoms with E-state index in [9.17, 15) is 13.6 Å². The molecule has 0 saturated carbocycles. The van der Waals surface area contributed by atoms with Crippen molar-refractivity contribution in [3.8, 4) is 11.5 Å². The lowest BCUT2D eigenvalue weighted by Crippen LogP contribution is -2.34. The van der Waals surface area contributed by atoms with Crippen molar-refractivity contribution >= 4 is 40.8 Å². The van der Waals surface area contributed by atoms with Gasteiger partial charge in [-0.25, -0.2) is 13.8 Å². The minimum absolute atomic E-state index is 0.0301. The van der Waals surface area contributed by atoms with Gasteiger partial charge in [0.1, 0.15) is 23.9 Å². The van der Waals surface area contributed by atoms with E-state index in [-0.39, 0.29) is 29.4 Å². The van der Waals surface area contributed by atoms with Crippen LogP contribution in [-0.2, 0) is 27.4 Å². The molecule has 2 aromatic heterocycles. The number of ketones is 1. The molecule has 1 unspecified atom stereocenters. The maximum Gasteiger partial charge on any atom is 0.198 e. The number of fused-ring (bicyclic) bond motifs is 1. The van der Waals surface area contributed by atoms with Crippen LogP contribution < -0.4 is 4.74 Å². The number of pyridine rings is 1. The number of carbonyl (C=O) groups excluding carboxylic acids is 1. The van der Waals surface area contributed by atoms with Crippen LogP contribution in [-0.4, -0.2) is 43.2 Å². The van der Waals surface area contributed by atoms with Crippen molar-refractivity contribution < 1.29 is 27.8 Å². The molecular weight excluding hydrogens is 562 g/mol. The van der Waals surface area contributed by atoms with E-state index in [0.717, 1.165) is 6.04 Å². The lowest BCUT2D eigenvalue weighted by molar-refractivity contribution is -0.121. The summed E-state index contributed by atoms with van der Waals surface area (Å²) in [5.74, 6) is -1.48. The van der Waals surface area contributed by atoms with Gasteiger partial charge in [0.2, 0.25) is 0 Å². The van der Waals surface area contributed by atoms with Gasteiger partial charge in [-0.05, 0) is 51.7 Å². The Balaban J connectivity index is 1.47. The average Bonchev–Trinajstić information content (AvgIpc) is 3.08. The molecule has 1 saturated heterocycles. The lowest BCUT2D eigenvalue weighted by Gasteiger charge is -2.31. The predicted octanol–water partition coefficient (Wildman–Crippen LogP) is 6.97. The lowest BCUT2D eigenvalue weighted by atomic mass is 9.87. The van der Waals surface area contributed by atoms with Crippen LogP contribution in [0.4, 0.5) is 8.78 Å². The first-order valence-electron chi connectivity index (χ1n) is 12.5. The SMILES string of the molecule is CC(CC(=O)Cc1cc(F)c(Oc2ccnc3c2c(Br)cn3COCC[Si](C)(C)C)c(F)c1)C1COC1. The smallest absolute Gasteiger partial charge is 0.198 e. The number of aromatic nitrogens is 2. The van der Waals surface area contributed by atoms with Crippen LogP contribution in [0.2, 0.25) is 25.7 Å². The number of carbonyl (C=O) groups is 1. The van der Waals surface area contributed by atoms with E-state index in [1.54, 1.807) is 6.07 Å². The second kappa shape index (κ2) is 11.7. The van der Waals surface area contributed by atoms with E-state index in [0.29, 0.717) is 54.4 Å². The highest BCUT2D eigenvalue weighted by Crippen LogP contribution is 2.37. The molecule has 0 spiro atoms. The summed E-state index contributed by atoms with van der Waals surface area (Å²) in [6.45, 7) is 11.2. The van der Waals surface area contributed by atoms with Gasteiger partial charge in [-0.2, -0.15) is 0 Å². The molecule has 1 aliphatic heterocycles. The van der Waals surface area contributed by atoms with Crippen LogP contribution >= 0.6 is 15.9 Å². The van der Waals surface area contributed by atoms with Crippen LogP contribution in [0.1, 0.15) is 18.9 Å². The third-order valence-electron chi connectivity index (χ3n) is 6.59. The zero-order valence-electron chi connectivity index (χ0n) is 21.7. The third kappa shape index (κ3) is 7.04. The number of benzene rings is 1. The first-order valence-corrected chi connectivity index (χ1v) is 17.0. The molecule has 0 radical (unpaired) electrons. The highest BCUT2D eigenvalue weighted by atomic mass is 79.9. The van der Waals surface area contributed by atoms with Crippen LogP contribution in [0, 0.1) is 23.5 Å². The first kappa shape index (κ1) is 27.9. The van der Waals surface area contributed by atoms with Gasteiger partial charge in [-0.3, -0.25) is 4.79 Å². The highest BCUT2D eigenvalue weighted by Gasteiger charge is 2.27. The van der Waals surface area contributed by atoms with Crippen LogP contribution in [0.3, 0.4) is 0 Å². The normalized spacial score (nSPS) is 15.1. The Kier molecular flexibility index (Phi) is 8.83. The van der Waals surface area contributed by atoms with Gasteiger partial charge in [0.15, 0.2) is 17.4 Å². The van der Waals surface area contributed by atoms with Gasteiger partial charge < -0.3 is 18.8 Å². The number of hydrogen-bond acceptors (Lipinski definition) is 5. The minimum Gasteiger partial charge on any atom is -0.450 e. The monoisotopic (exact) mass is 594 g/mol. The number of ether oxygens (including phenoxy) is 3. The summed E-state index contributed by atoms with van der Waals surface area (Å²) < 4.78 is 49.2. The molecule has 6 nitrogen and oxygen atoms in total. The first-order chi connectivity index (χ1) is 17.5. The summed E-state index contributed by atoms with van der Waals surface area (Å²) in [6, 6.07) is 4.94. The van der Waals surface area contributed by atoms with Gasteiger partial charge >= 0.3 is 0 Å². The van der Waals surface area contributed by atoms with Gasteiger partial charge in [0, 0.05) is 50.3 Å². The molecule has 3 heterocycles. The molecule has 4 rings (SSSR count). The molecule has 0 N–H and O–H groups in total. The third-order valence-corrected chi connectivity index (χ3v) is 8.89. The molecule has 3 aromatic rings. The predicted molar refractivity (Wildman–Crippen MR) is 145 cm³/mol. The molecule has 10 heteroatoms. The standard InChI is InChI=1S/C27H33BrF2N2O4Si/c1-17(19-14-35-15-19)9-20(33)10-18-11-22(29)26(23(30)12-18)36-24-5-6-31-27-25(24)21(28)13-32(27)16-34-7-8-37(2,3)4/h5-6,11-13,17,19H,7-10,14-16H2,1-4H3. The number of Topliss-reactive ketones (excluding diaryl/α,β-unsaturated/α-hetero) is 1. The van der Waals surface area contributed by atoms with Crippen molar-refractivity contribution in [2.45, 2.75) is 52.2 Å². The van der Waals surface area contributed by atoms with Crippen LogP contribution in [0.25, 0.3) is 11.0 Å². The van der Waals surface area contributed by atoms with Gasteiger partial charge in [0.05, 0.1) is 18.6 Å². The maximum atomic E-state index is 15.0. The van der Waals surface area contributed by atoms with Crippen molar-refractivity contribution in [1.82, 2.24) is 9.55 Å². The van der Waals surface area contributed by atoms with E-state index >= 15 is 0 Å². The molecule has 1 aromatic carbocycles. The Morgan fingerprint density at radius 3 is 2.59 bits per heavy atom. The van der Waals surface area contributed by atoms with Crippen molar-refractivity contribution in [3.05, 3.63) is 52.3 Å². The van der Waals surface area contributed by atoms with Gasteiger partial charge in [-0.1, -0.05) is 26.6 Å². The van der Waals surface area contributed by atoms with E-state index < -0.39 is 25.5 Å². The van der Waals surface area contributed by atoms with E-state index in [1.165, 1.54) is 18.3 Å². The largest absolute Gasteiger partial charge is 0.450 e. The summed E-state index contributed by atoms with van der Waals surface area (Å²) in [7, 11) is -1.21. The number of nitrogens with zero attached hydrogens (tertiary/aromatic N) is 2. The molecule has 200 valence electrons. The van der Waals surface area contributed by atoms with Crippen molar-refractivity contribution in [2.75, 3.05) is 19.8 Å². The molecule has 0 amide bonds. The van der Waals surface area contributed by atoms with Crippen LogP contribution in [0.5, 0.6) is 11.5 Å². The molecule has 1 fully saturated rings. The Morgan fingerprint density at radius 1 is 1.27 bits per heavy atom. The summed E-state index contributed by atoms with van der Waals surface area (Å²) >= 11 is 3.52. The molecule has 0 aliphatic carbocycles. The fraction of sp³-hybridized carbons (Fsp3) is 0.481. The quantitative estimate of drug-likeness (QED) is 0.167. The summed E-state index contributed by atoms with van der Waals surface area (Å²) in [5.41, 5.74) is 0.860. The van der Waals surface area contributed by atoms with Crippen molar-refractivity contribution in [2.24, 2.45) is 11.8 Å². The van der Waals surface area contributed by atoms with E-state index in [4.69, 9.17) is 14.2 Å². The van der Waals surface area contributed by atoms with Crippen molar-refractivity contribution in [3.63, 3.8) is 0 Å². The minimum atomic E-state index is -1.21. The van der Waals surface area contributed by atoms with Gasteiger partial charge in [0.25, 0.3) is 0 Å². The molecule has 0 bridgehead atoms. The summed E-state index contributed by atoms with van der Waals surface area (Å²) in [6.07, 6.45) is 3.67. The second-order valence-corrected chi connectivity index (χ2v) is 17.5. The highest BCUT2D eigenvalue weighted by molar-refractivity contribution is 9.10. The number of rotatable bonds is 12. The Hall–Kier alpha value is -2.14.